The van der Waals surface area contributed by atoms with Crippen LogP contribution in [0.15, 0.2) is 0 Å². The van der Waals surface area contributed by atoms with Gasteiger partial charge in [0.1, 0.15) is 0 Å². The lowest BCUT2D eigenvalue weighted by molar-refractivity contribution is 0.391. The molecular formula is C6H13N3. The van der Waals surface area contributed by atoms with Crippen LogP contribution in [0.2, 0.25) is 0 Å². The van der Waals surface area contributed by atoms with Crippen LogP contribution in [0.25, 0.3) is 0 Å². The minimum Gasteiger partial charge on any atom is -0.311 e. The lowest BCUT2D eigenvalue weighted by Gasteiger charge is -2.21. The molecule has 2 fully saturated rings. The van der Waals surface area contributed by atoms with Gasteiger partial charge in [-0.15, -0.1) is 0 Å². The Morgan fingerprint density at radius 3 is 2.56 bits per heavy atom. The molecule has 2 rings (SSSR count). The van der Waals surface area contributed by atoms with Gasteiger partial charge in [-0.3, -0.25) is 0 Å². The first kappa shape index (κ1) is 5.65. The van der Waals surface area contributed by atoms with E-state index in [0.717, 1.165) is 0 Å². The molecule has 0 spiro atoms. The summed E-state index contributed by atoms with van der Waals surface area (Å²) < 4.78 is 0. The average Bonchev–Trinajstić information content (AvgIpc) is 2.71. The molecule has 0 aromatic rings. The molecule has 1 unspecified atom stereocenters. The maximum atomic E-state index is 3.46. The van der Waals surface area contributed by atoms with E-state index in [-0.39, 0.29) is 0 Å². The molecule has 0 aromatic carbocycles. The number of nitrogens with one attached hydrogen (secondary N) is 3. The Labute approximate surface area is 55.2 Å². The average molecular weight is 127 g/mol. The second-order valence-electron chi connectivity index (χ2n) is 2.82. The van der Waals surface area contributed by atoms with Crippen molar-refractivity contribution in [3.8, 4) is 0 Å². The van der Waals surface area contributed by atoms with Gasteiger partial charge in [0.15, 0.2) is 0 Å². The first-order valence-electron chi connectivity index (χ1n) is 3.71. The SMILES string of the molecule is C1CCC(C2NN2)NC1. The van der Waals surface area contributed by atoms with E-state index in [1.54, 1.807) is 0 Å². The van der Waals surface area contributed by atoms with Crippen molar-refractivity contribution in [1.29, 1.82) is 0 Å². The highest BCUT2D eigenvalue weighted by molar-refractivity contribution is 4.88. The number of hydrazine groups is 1. The van der Waals surface area contributed by atoms with Gasteiger partial charge >= 0.3 is 0 Å². The Bertz CT molecular complexity index is 94.5. The van der Waals surface area contributed by atoms with E-state index in [9.17, 15) is 0 Å². The van der Waals surface area contributed by atoms with Gasteiger partial charge in [0, 0.05) is 6.04 Å². The van der Waals surface area contributed by atoms with Crippen molar-refractivity contribution < 1.29 is 0 Å². The van der Waals surface area contributed by atoms with Crippen LogP contribution in [-0.4, -0.2) is 18.8 Å². The van der Waals surface area contributed by atoms with Gasteiger partial charge in [0.05, 0.1) is 6.17 Å². The van der Waals surface area contributed by atoms with Gasteiger partial charge in [-0.25, -0.2) is 10.9 Å². The van der Waals surface area contributed by atoms with Crippen LogP contribution in [0, 0.1) is 0 Å². The number of piperidine rings is 1. The quantitative estimate of drug-likeness (QED) is 0.419. The lowest BCUT2D eigenvalue weighted by atomic mass is 10.0. The molecule has 2 aliphatic rings. The Hall–Kier alpha value is -0.120. The molecule has 0 aliphatic carbocycles. The lowest BCUT2D eigenvalue weighted by Crippen LogP contribution is -2.39. The maximum Gasteiger partial charge on any atom is 0.0985 e. The van der Waals surface area contributed by atoms with Gasteiger partial charge < -0.3 is 5.32 Å². The Kier molecular flexibility index (Phi) is 1.41. The Morgan fingerprint density at radius 1 is 1.11 bits per heavy atom. The van der Waals surface area contributed by atoms with Crippen molar-refractivity contribution >= 4 is 0 Å². The van der Waals surface area contributed by atoms with E-state index in [4.69, 9.17) is 0 Å². The maximum absolute atomic E-state index is 3.46. The molecule has 3 N–H and O–H groups in total. The minimum absolute atomic E-state index is 0.574. The monoisotopic (exact) mass is 127 g/mol. The van der Waals surface area contributed by atoms with E-state index in [1.165, 1.54) is 25.8 Å². The molecule has 1 atom stereocenters. The summed E-state index contributed by atoms with van der Waals surface area (Å²) in [7, 11) is 0. The standard InChI is InChI=1S/C6H13N3/c1-2-4-7-5(3-1)6-8-9-6/h5-9H,1-4H2. The fourth-order valence-corrected chi connectivity index (χ4v) is 1.41. The molecule has 3 heteroatoms. The summed E-state index contributed by atoms with van der Waals surface area (Å²) in [5, 5.41) is 3.46. The fraction of sp³-hybridized carbons (Fsp3) is 1.00. The summed E-state index contributed by atoms with van der Waals surface area (Å²) in [6.45, 7) is 1.20. The zero-order valence-electron chi connectivity index (χ0n) is 5.48. The third-order valence-electron chi connectivity index (χ3n) is 2.06. The number of rotatable bonds is 1. The molecule has 3 nitrogen and oxygen atoms in total. The molecule has 2 saturated heterocycles. The van der Waals surface area contributed by atoms with Crippen LogP contribution < -0.4 is 16.2 Å². The second kappa shape index (κ2) is 2.25. The van der Waals surface area contributed by atoms with Crippen LogP contribution in [0.5, 0.6) is 0 Å². The Balaban J connectivity index is 1.80. The van der Waals surface area contributed by atoms with Gasteiger partial charge in [0.2, 0.25) is 0 Å². The summed E-state index contributed by atoms with van der Waals surface area (Å²) >= 11 is 0. The fourth-order valence-electron chi connectivity index (χ4n) is 1.41. The van der Waals surface area contributed by atoms with Crippen molar-refractivity contribution in [2.24, 2.45) is 0 Å². The normalized spacial score (nSPS) is 36.7. The molecule has 52 valence electrons. The second-order valence-corrected chi connectivity index (χ2v) is 2.82. The van der Waals surface area contributed by atoms with Crippen LogP contribution in [0.1, 0.15) is 19.3 Å². The first-order chi connectivity index (χ1) is 4.47. The topological polar surface area (TPSA) is 55.9 Å². The first-order valence-corrected chi connectivity index (χ1v) is 3.71. The third kappa shape index (κ3) is 1.23. The van der Waals surface area contributed by atoms with Crippen LogP contribution in [-0.2, 0) is 0 Å². The van der Waals surface area contributed by atoms with E-state index in [0.29, 0.717) is 12.2 Å². The summed E-state index contributed by atoms with van der Waals surface area (Å²) in [4.78, 5) is 0. The van der Waals surface area contributed by atoms with Crippen molar-refractivity contribution in [2.75, 3.05) is 6.54 Å². The van der Waals surface area contributed by atoms with Gasteiger partial charge in [-0.2, -0.15) is 0 Å². The Morgan fingerprint density at radius 2 is 2.00 bits per heavy atom. The number of hydrogen-bond donors (Lipinski definition) is 3. The smallest absolute Gasteiger partial charge is 0.0985 e. The summed E-state index contributed by atoms with van der Waals surface area (Å²) in [5.41, 5.74) is 6.18. The van der Waals surface area contributed by atoms with Gasteiger partial charge in [-0.05, 0) is 19.4 Å². The molecule has 9 heavy (non-hydrogen) atoms. The van der Waals surface area contributed by atoms with Crippen LogP contribution in [0.3, 0.4) is 0 Å². The van der Waals surface area contributed by atoms with E-state index < -0.39 is 0 Å². The molecule has 2 aliphatic heterocycles. The molecule has 0 bridgehead atoms. The molecule has 0 amide bonds. The van der Waals surface area contributed by atoms with E-state index >= 15 is 0 Å². The molecule has 0 saturated carbocycles. The summed E-state index contributed by atoms with van der Waals surface area (Å²) in [6.07, 6.45) is 4.64. The molecule has 0 radical (unpaired) electrons. The molecule has 2 heterocycles. The largest absolute Gasteiger partial charge is 0.311 e. The predicted octanol–water partition coefficient (Wildman–Crippen LogP) is -0.438. The van der Waals surface area contributed by atoms with E-state index in [1.807, 2.05) is 0 Å². The van der Waals surface area contributed by atoms with Crippen LogP contribution >= 0.6 is 0 Å². The van der Waals surface area contributed by atoms with Crippen LogP contribution in [0.4, 0.5) is 0 Å². The minimum atomic E-state index is 0.574. The molecule has 0 aromatic heterocycles. The predicted molar refractivity (Wildman–Crippen MR) is 35.7 cm³/mol. The van der Waals surface area contributed by atoms with Crippen molar-refractivity contribution in [2.45, 2.75) is 31.5 Å². The third-order valence-corrected chi connectivity index (χ3v) is 2.06. The van der Waals surface area contributed by atoms with Crippen molar-refractivity contribution in [3.05, 3.63) is 0 Å². The van der Waals surface area contributed by atoms with Crippen molar-refractivity contribution in [1.82, 2.24) is 16.2 Å². The van der Waals surface area contributed by atoms with Crippen molar-refractivity contribution in [3.63, 3.8) is 0 Å². The highest BCUT2D eigenvalue weighted by Crippen LogP contribution is 2.11. The highest BCUT2D eigenvalue weighted by Gasteiger charge is 2.30. The zero-order chi connectivity index (χ0) is 6.10. The summed E-state index contributed by atoms with van der Waals surface area (Å²) in [6, 6.07) is 0.693. The zero-order valence-corrected chi connectivity index (χ0v) is 5.48. The number of hydrogen-bond acceptors (Lipinski definition) is 3. The van der Waals surface area contributed by atoms with E-state index in [2.05, 4.69) is 16.2 Å². The highest BCUT2D eigenvalue weighted by atomic mass is 15.6. The van der Waals surface area contributed by atoms with Gasteiger partial charge in [0.25, 0.3) is 0 Å². The van der Waals surface area contributed by atoms with Gasteiger partial charge in [-0.1, -0.05) is 6.42 Å². The molecular weight excluding hydrogens is 114 g/mol. The summed E-state index contributed by atoms with van der Waals surface area (Å²) in [5.74, 6) is 0.